The molecule has 0 aliphatic carbocycles. The quantitative estimate of drug-likeness (QED) is 0.643. The maximum atomic E-state index is 13.1. The molecule has 0 fully saturated rings. The molecule has 0 aliphatic heterocycles. The van der Waals surface area contributed by atoms with Crippen LogP contribution in [0.1, 0.15) is 35.9 Å². The zero-order chi connectivity index (χ0) is 18.9. The number of aromatic nitrogens is 1. The van der Waals surface area contributed by atoms with E-state index in [0.717, 1.165) is 27.4 Å². The zero-order valence-electron chi connectivity index (χ0n) is 15.3. The number of nitrogens with one attached hydrogen (secondary N) is 1. The van der Waals surface area contributed by atoms with E-state index in [4.69, 9.17) is 0 Å². The van der Waals surface area contributed by atoms with Crippen LogP contribution in [0.3, 0.4) is 0 Å². The Hall–Kier alpha value is -2.18. The lowest BCUT2D eigenvalue weighted by Gasteiger charge is -2.16. The number of aryl methyl sites for hydroxylation is 2. The highest BCUT2D eigenvalue weighted by Crippen LogP contribution is 2.31. The monoisotopic (exact) mass is 386 g/mol. The normalized spacial score (nSPS) is 11.7. The lowest BCUT2D eigenvalue weighted by atomic mass is 10.0. The van der Waals surface area contributed by atoms with Gasteiger partial charge in [-0.15, -0.1) is 11.3 Å². The minimum atomic E-state index is -3.70. The molecule has 2 aromatic carbocycles. The van der Waals surface area contributed by atoms with Crippen LogP contribution in [0.25, 0.3) is 11.3 Å². The minimum absolute atomic E-state index is 0.0887. The first kappa shape index (κ1) is 18.6. The second-order valence-corrected chi connectivity index (χ2v) is 9.34. The van der Waals surface area contributed by atoms with Crippen LogP contribution in [0.15, 0.2) is 52.7 Å². The van der Waals surface area contributed by atoms with Crippen molar-refractivity contribution in [2.45, 2.75) is 38.5 Å². The second kappa shape index (κ2) is 7.21. The highest BCUT2D eigenvalue weighted by molar-refractivity contribution is 7.92. The first-order valence-electron chi connectivity index (χ1n) is 8.42. The van der Waals surface area contributed by atoms with Gasteiger partial charge in [0.25, 0.3) is 10.0 Å². The highest BCUT2D eigenvalue weighted by atomic mass is 32.2. The van der Waals surface area contributed by atoms with Gasteiger partial charge >= 0.3 is 0 Å². The highest BCUT2D eigenvalue weighted by Gasteiger charge is 2.21. The summed E-state index contributed by atoms with van der Waals surface area (Å²) in [7, 11) is -3.70. The molecule has 0 spiro atoms. The lowest BCUT2D eigenvalue weighted by Crippen LogP contribution is -2.15. The molecule has 0 saturated heterocycles. The largest absolute Gasteiger partial charge is 0.280 e. The Balaban J connectivity index is 2.06. The average Bonchev–Trinajstić information content (AvgIpc) is 3.02. The van der Waals surface area contributed by atoms with Crippen LogP contribution in [0, 0.1) is 13.8 Å². The molecule has 0 atom stereocenters. The molecule has 1 aromatic heterocycles. The molecule has 0 saturated carbocycles. The topological polar surface area (TPSA) is 59.1 Å². The summed E-state index contributed by atoms with van der Waals surface area (Å²) in [4.78, 5) is 4.78. The summed E-state index contributed by atoms with van der Waals surface area (Å²) in [6.45, 7) is 7.89. The summed E-state index contributed by atoms with van der Waals surface area (Å²) in [6.07, 6.45) is 0. The third-order valence-electron chi connectivity index (χ3n) is 4.14. The van der Waals surface area contributed by atoms with Crippen molar-refractivity contribution in [3.8, 4) is 11.3 Å². The van der Waals surface area contributed by atoms with Crippen molar-refractivity contribution in [1.82, 2.24) is 4.98 Å². The molecule has 4 nitrogen and oxygen atoms in total. The summed E-state index contributed by atoms with van der Waals surface area (Å²) in [5, 5.41) is 2.90. The van der Waals surface area contributed by atoms with E-state index in [9.17, 15) is 8.42 Å². The van der Waals surface area contributed by atoms with Gasteiger partial charge in [-0.05, 0) is 43.5 Å². The molecular weight excluding hydrogens is 364 g/mol. The first-order chi connectivity index (χ1) is 12.3. The van der Waals surface area contributed by atoms with Crippen molar-refractivity contribution in [2.24, 2.45) is 0 Å². The molecule has 0 aliphatic rings. The van der Waals surface area contributed by atoms with Crippen molar-refractivity contribution < 1.29 is 8.42 Å². The molecule has 26 heavy (non-hydrogen) atoms. The molecular formula is C20H22N2O2S2. The van der Waals surface area contributed by atoms with E-state index < -0.39 is 10.0 Å². The van der Waals surface area contributed by atoms with E-state index in [2.05, 4.69) is 9.71 Å². The van der Waals surface area contributed by atoms with Gasteiger partial charge in [0.1, 0.15) is 0 Å². The Morgan fingerprint density at radius 1 is 1.04 bits per heavy atom. The minimum Gasteiger partial charge on any atom is -0.280 e. The summed E-state index contributed by atoms with van der Waals surface area (Å²) in [5.41, 5.74) is 4.04. The fraction of sp³-hybridized carbons (Fsp3) is 0.250. The second-order valence-electron chi connectivity index (χ2n) is 6.63. The first-order valence-corrected chi connectivity index (χ1v) is 10.8. The Kier molecular flexibility index (Phi) is 5.16. The molecule has 0 bridgehead atoms. The van der Waals surface area contributed by atoms with Gasteiger partial charge in [-0.3, -0.25) is 4.72 Å². The van der Waals surface area contributed by atoms with Crippen LogP contribution in [0.4, 0.5) is 5.69 Å². The average molecular weight is 387 g/mol. The van der Waals surface area contributed by atoms with Crippen LogP contribution in [-0.4, -0.2) is 13.4 Å². The van der Waals surface area contributed by atoms with Crippen molar-refractivity contribution in [3.63, 3.8) is 0 Å². The van der Waals surface area contributed by atoms with Crippen LogP contribution in [0.2, 0.25) is 0 Å². The van der Waals surface area contributed by atoms with Gasteiger partial charge in [-0.2, -0.15) is 0 Å². The van der Waals surface area contributed by atoms with Crippen molar-refractivity contribution in [3.05, 3.63) is 64.0 Å². The van der Waals surface area contributed by atoms with Crippen molar-refractivity contribution in [1.29, 1.82) is 0 Å². The zero-order valence-corrected chi connectivity index (χ0v) is 16.9. The van der Waals surface area contributed by atoms with Gasteiger partial charge in [-0.25, -0.2) is 13.4 Å². The number of sulfonamides is 1. The van der Waals surface area contributed by atoms with E-state index in [1.54, 1.807) is 29.5 Å². The fourth-order valence-corrected chi connectivity index (χ4v) is 4.81. The maximum Gasteiger partial charge on any atom is 0.262 e. The summed E-state index contributed by atoms with van der Waals surface area (Å²) in [5.74, 6) is 0.0887. The van der Waals surface area contributed by atoms with Gasteiger partial charge in [0.05, 0.1) is 15.6 Å². The fourth-order valence-electron chi connectivity index (χ4n) is 2.73. The van der Waals surface area contributed by atoms with Crippen LogP contribution < -0.4 is 4.72 Å². The number of hydrogen-bond acceptors (Lipinski definition) is 4. The van der Waals surface area contributed by atoms with Gasteiger partial charge in [0.15, 0.2) is 0 Å². The van der Waals surface area contributed by atoms with Crippen LogP contribution >= 0.6 is 11.3 Å². The number of nitrogens with zero attached hydrogens (tertiary/aromatic N) is 1. The Labute approximate surface area is 159 Å². The van der Waals surface area contributed by atoms with Gasteiger partial charge in [0.2, 0.25) is 0 Å². The number of anilines is 1. The third kappa shape index (κ3) is 3.97. The third-order valence-corrected chi connectivity index (χ3v) is 6.35. The van der Waals surface area contributed by atoms with Crippen LogP contribution in [0.5, 0.6) is 0 Å². The van der Waals surface area contributed by atoms with Gasteiger partial charge in [0, 0.05) is 16.6 Å². The Morgan fingerprint density at radius 3 is 2.31 bits per heavy atom. The van der Waals surface area contributed by atoms with Crippen molar-refractivity contribution >= 4 is 27.0 Å². The van der Waals surface area contributed by atoms with Gasteiger partial charge in [-0.1, -0.05) is 43.7 Å². The van der Waals surface area contributed by atoms with Crippen LogP contribution in [-0.2, 0) is 10.0 Å². The van der Waals surface area contributed by atoms with Gasteiger partial charge < -0.3 is 0 Å². The molecule has 6 heteroatoms. The maximum absolute atomic E-state index is 13.1. The number of hydrogen-bond donors (Lipinski definition) is 1. The van der Waals surface area contributed by atoms with E-state index >= 15 is 0 Å². The predicted molar refractivity (Wildman–Crippen MR) is 108 cm³/mol. The molecule has 0 amide bonds. The smallest absolute Gasteiger partial charge is 0.262 e. The molecule has 136 valence electrons. The number of benzene rings is 2. The summed E-state index contributed by atoms with van der Waals surface area (Å²) >= 11 is 1.55. The number of rotatable bonds is 5. The predicted octanol–water partition coefficient (Wildman–Crippen LogP) is 5.35. The number of thiazole rings is 1. The Bertz CT molecular complexity index is 1020. The van der Waals surface area contributed by atoms with E-state index in [1.165, 1.54) is 0 Å². The lowest BCUT2D eigenvalue weighted by molar-refractivity contribution is 0.599. The molecule has 3 rings (SSSR count). The molecule has 3 aromatic rings. The molecule has 0 unspecified atom stereocenters. The standard InChI is InChI=1S/C20H22N2O2S2/c1-13(2)18-10-7-16(19-12-25-15(4)21-19)11-20(18)26(23,24)22-17-8-5-14(3)6-9-17/h5-13,22H,1-4H3. The van der Waals surface area contributed by atoms with E-state index in [-0.39, 0.29) is 5.92 Å². The molecule has 0 radical (unpaired) electrons. The van der Waals surface area contributed by atoms with E-state index in [0.29, 0.717) is 10.6 Å². The molecule has 1 heterocycles. The Morgan fingerprint density at radius 2 is 1.73 bits per heavy atom. The summed E-state index contributed by atoms with van der Waals surface area (Å²) < 4.78 is 28.8. The SMILES string of the molecule is Cc1ccc(NS(=O)(=O)c2cc(-c3csc(C)n3)ccc2C(C)C)cc1. The van der Waals surface area contributed by atoms with E-state index in [1.807, 2.05) is 57.3 Å². The summed E-state index contributed by atoms with van der Waals surface area (Å²) in [6, 6.07) is 12.9. The van der Waals surface area contributed by atoms with Crippen molar-refractivity contribution in [2.75, 3.05) is 4.72 Å². The molecule has 1 N–H and O–H groups in total.